The van der Waals surface area contributed by atoms with E-state index in [9.17, 15) is 18.0 Å². The summed E-state index contributed by atoms with van der Waals surface area (Å²) in [6.45, 7) is 1.71. The minimum absolute atomic E-state index is 0.0452. The minimum Gasteiger partial charge on any atom is -0.480 e. The third kappa shape index (κ3) is 3.16. The molecule has 110 valence electrons. The van der Waals surface area contributed by atoms with Gasteiger partial charge in [0.25, 0.3) is 0 Å². The van der Waals surface area contributed by atoms with Crippen molar-refractivity contribution in [3.8, 4) is 0 Å². The highest BCUT2D eigenvalue weighted by molar-refractivity contribution is 5.68. The van der Waals surface area contributed by atoms with Gasteiger partial charge >= 0.3 is 12.1 Å². The van der Waals surface area contributed by atoms with Crippen molar-refractivity contribution in [3.05, 3.63) is 18.0 Å². The van der Waals surface area contributed by atoms with Crippen LogP contribution in [0.5, 0.6) is 0 Å². The molecule has 0 aliphatic carbocycles. The normalized spacial score (nSPS) is 17.7. The molecule has 1 aliphatic heterocycles. The number of rotatable bonds is 4. The molecule has 1 aliphatic rings. The van der Waals surface area contributed by atoms with Crippen LogP contribution in [0.1, 0.15) is 12.6 Å². The lowest BCUT2D eigenvalue weighted by atomic mass is 9.97. The second-order valence-corrected chi connectivity index (χ2v) is 4.73. The molecule has 0 aromatic carbocycles. The predicted molar refractivity (Wildman–Crippen MR) is 61.2 cm³/mol. The smallest absolute Gasteiger partial charge is 0.433 e. The van der Waals surface area contributed by atoms with Gasteiger partial charge in [0.2, 0.25) is 5.95 Å². The van der Waals surface area contributed by atoms with Crippen molar-refractivity contribution in [2.75, 3.05) is 24.6 Å². The van der Waals surface area contributed by atoms with Crippen LogP contribution < -0.4 is 4.90 Å². The average molecular weight is 291 g/mol. The number of anilines is 1. The molecule has 0 bridgehead atoms. The van der Waals surface area contributed by atoms with E-state index in [0.29, 0.717) is 0 Å². The zero-order valence-corrected chi connectivity index (χ0v) is 10.5. The van der Waals surface area contributed by atoms with Gasteiger partial charge in [-0.25, -0.2) is 14.8 Å². The van der Waals surface area contributed by atoms with Crippen molar-refractivity contribution in [1.82, 2.24) is 9.97 Å². The number of ether oxygens (including phenoxy) is 1. The molecule has 2 heterocycles. The van der Waals surface area contributed by atoms with Gasteiger partial charge < -0.3 is 14.7 Å². The summed E-state index contributed by atoms with van der Waals surface area (Å²) in [6.07, 6.45) is -3.48. The maximum Gasteiger partial charge on any atom is 0.433 e. The Kier molecular flexibility index (Phi) is 3.55. The quantitative estimate of drug-likeness (QED) is 0.897. The van der Waals surface area contributed by atoms with Crippen LogP contribution in [0.3, 0.4) is 0 Å². The van der Waals surface area contributed by atoms with E-state index in [-0.39, 0.29) is 19.0 Å². The van der Waals surface area contributed by atoms with Gasteiger partial charge in [-0.1, -0.05) is 0 Å². The number of nitrogens with zero attached hydrogens (tertiary/aromatic N) is 3. The largest absolute Gasteiger partial charge is 0.480 e. The molecule has 6 nitrogen and oxygen atoms in total. The van der Waals surface area contributed by atoms with Crippen molar-refractivity contribution in [2.24, 2.45) is 0 Å². The molecular formula is C11H12F3N3O3. The molecule has 9 heteroatoms. The van der Waals surface area contributed by atoms with Gasteiger partial charge in [0.05, 0.1) is 13.1 Å². The number of hydrogen-bond acceptors (Lipinski definition) is 5. The summed E-state index contributed by atoms with van der Waals surface area (Å²) in [4.78, 5) is 19.1. The molecule has 1 fully saturated rings. The summed E-state index contributed by atoms with van der Waals surface area (Å²) in [7, 11) is 0. The zero-order chi connectivity index (χ0) is 15.0. The summed E-state index contributed by atoms with van der Waals surface area (Å²) in [5, 5.41) is 8.52. The van der Waals surface area contributed by atoms with Gasteiger partial charge in [-0.15, -0.1) is 0 Å². The van der Waals surface area contributed by atoms with Crippen molar-refractivity contribution in [2.45, 2.75) is 18.7 Å². The number of aromatic nitrogens is 2. The topological polar surface area (TPSA) is 75.6 Å². The van der Waals surface area contributed by atoms with E-state index in [1.165, 1.54) is 4.90 Å². The molecule has 1 aromatic heterocycles. The molecule has 2 rings (SSSR count). The van der Waals surface area contributed by atoms with Crippen LogP contribution in [0.15, 0.2) is 12.3 Å². The van der Waals surface area contributed by atoms with E-state index in [1.807, 2.05) is 0 Å². The fraction of sp³-hybridized carbons (Fsp3) is 0.545. The summed E-state index contributed by atoms with van der Waals surface area (Å²) in [5.41, 5.74) is -1.72. The SMILES string of the molecule is CC1(OCC(=O)O)CN(c2nccc(C(F)(F)F)n2)C1. The summed E-state index contributed by atoms with van der Waals surface area (Å²) >= 11 is 0. The summed E-state index contributed by atoms with van der Waals surface area (Å²) in [6, 6.07) is 0.795. The first-order chi connectivity index (χ1) is 9.20. The lowest BCUT2D eigenvalue weighted by Gasteiger charge is -2.47. The van der Waals surface area contributed by atoms with Gasteiger partial charge in [0, 0.05) is 6.20 Å². The van der Waals surface area contributed by atoms with Gasteiger partial charge in [-0.3, -0.25) is 0 Å². The average Bonchev–Trinajstić information content (AvgIpc) is 2.32. The molecule has 0 saturated carbocycles. The van der Waals surface area contributed by atoms with Crippen molar-refractivity contribution >= 4 is 11.9 Å². The van der Waals surface area contributed by atoms with E-state index < -0.39 is 30.0 Å². The fourth-order valence-corrected chi connectivity index (χ4v) is 1.89. The highest BCUT2D eigenvalue weighted by atomic mass is 19.4. The van der Waals surface area contributed by atoms with Crippen LogP contribution in [0, 0.1) is 0 Å². The van der Waals surface area contributed by atoms with Crippen molar-refractivity contribution < 1.29 is 27.8 Å². The molecule has 1 saturated heterocycles. The first-order valence-corrected chi connectivity index (χ1v) is 5.71. The van der Waals surface area contributed by atoms with Crippen LogP contribution in [-0.2, 0) is 15.7 Å². The Bertz CT molecular complexity index is 515. The Morgan fingerprint density at radius 2 is 2.20 bits per heavy atom. The lowest BCUT2D eigenvalue weighted by molar-refractivity contribution is -0.150. The Morgan fingerprint density at radius 3 is 2.75 bits per heavy atom. The molecule has 0 amide bonds. The third-order valence-corrected chi connectivity index (χ3v) is 2.81. The van der Waals surface area contributed by atoms with E-state index in [0.717, 1.165) is 12.3 Å². The minimum atomic E-state index is -4.52. The first kappa shape index (κ1) is 14.5. The Balaban J connectivity index is 2.00. The van der Waals surface area contributed by atoms with Gasteiger partial charge in [0.1, 0.15) is 17.9 Å². The molecular weight excluding hydrogens is 279 g/mol. The first-order valence-electron chi connectivity index (χ1n) is 5.71. The molecule has 0 atom stereocenters. The number of carboxylic acids is 1. The molecule has 0 unspecified atom stereocenters. The number of halogens is 3. The van der Waals surface area contributed by atoms with Crippen molar-refractivity contribution in [1.29, 1.82) is 0 Å². The zero-order valence-electron chi connectivity index (χ0n) is 10.5. The van der Waals surface area contributed by atoms with Crippen LogP contribution >= 0.6 is 0 Å². The van der Waals surface area contributed by atoms with E-state index in [1.54, 1.807) is 6.92 Å². The third-order valence-electron chi connectivity index (χ3n) is 2.81. The number of alkyl halides is 3. The maximum atomic E-state index is 12.5. The van der Waals surface area contributed by atoms with Crippen LogP contribution in [0.25, 0.3) is 0 Å². The molecule has 0 radical (unpaired) electrons. The molecule has 20 heavy (non-hydrogen) atoms. The van der Waals surface area contributed by atoms with Crippen LogP contribution in [-0.4, -0.2) is 46.3 Å². The number of aliphatic carboxylic acids is 1. The molecule has 0 spiro atoms. The molecule has 1 aromatic rings. The van der Waals surface area contributed by atoms with E-state index in [2.05, 4.69) is 9.97 Å². The number of carboxylic acid groups (broad SMARTS) is 1. The second kappa shape index (κ2) is 4.89. The van der Waals surface area contributed by atoms with E-state index in [4.69, 9.17) is 9.84 Å². The maximum absolute atomic E-state index is 12.5. The molecule has 1 N–H and O–H groups in total. The highest BCUT2D eigenvalue weighted by Gasteiger charge is 2.42. The Labute approximate surface area is 112 Å². The summed E-state index contributed by atoms with van der Waals surface area (Å²) in [5.74, 6) is -1.14. The van der Waals surface area contributed by atoms with Crippen molar-refractivity contribution in [3.63, 3.8) is 0 Å². The monoisotopic (exact) mass is 291 g/mol. The highest BCUT2D eigenvalue weighted by Crippen LogP contribution is 2.31. The van der Waals surface area contributed by atoms with Gasteiger partial charge in [-0.2, -0.15) is 13.2 Å². The van der Waals surface area contributed by atoms with Crippen LogP contribution in [0.4, 0.5) is 19.1 Å². The standard InChI is InChI=1S/C11H12F3N3O3/c1-10(20-4-8(18)19)5-17(6-10)9-15-3-2-7(16-9)11(12,13)14/h2-3H,4-6H2,1H3,(H,18,19). The second-order valence-electron chi connectivity index (χ2n) is 4.73. The van der Waals surface area contributed by atoms with Gasteiger partial charge in [0.15, 0.2) is 0 Å². The summed E-state index contributed by atoms with van der Waals surface area (Å²) < 4.78 is 42.7. The van der Waals surface area contributed by atoms with Crippen LogP contribution in [0.2, 0.25) is 0 Å². The predicted octanol–water partition coefficient (Wildman–Crippen LogP) is 1.18. The Hall–Kier alpha value is -1.90. The lowest BCUT2D eigenvalue weighted by Crippen LogP contribution is -2.62. The number of hydrogen-bond donors (Lipinski definition) is 1. The Morgan fingerprint density at radius 1 is 1.55 bits per heavy atom. The fourth-order valence-electron chi connectivity index (χ4n) is 1.89. The van der Waals surface area contributed by atoms with E-state index >= 15 is 0 Å². The van der Waals surface area contributed by atoms with Gasteiger partial charge in [-0.05, 0) is 13.0 Å². The number of carbonyl (C=O) groups is 1.